The number of rotatable bonds is 13. The highest BCUT2D eigenvalue weighted by molar-refractivity contribution is 6.84. The lowest BCUT2D eigenvalue weighted by atomic mass is 10.2. The van der Waals surface area contributed by atoms with Crippen LogP contribution in [0.4, 0.5) is 0 Å². The topological polar surface area (TPSA) is 27.7 Å². The average Bonchev–Trinajstić information content (AvgIpc) is 2.45. The summed E-state index contributed by atoms with van der Waals surface area (Å²) >= 11 is 0. The summed E-state index contributed by atoms with van der Waals surface area (Å²) < 4.78 is 18.3. The lowest BCUT2D eigenvalue weighted by molar-refractivity contribution is 0.185. The Hall–Kier alpha value is -0.206. The summed E-state index contributed by atoms with van der Waals surface area (Å²) in [5, 5.41) is 0. The van der Waals surface area contributed by atoms with Crippen LogP contribution >= 0.6 is 0 Å². The Balaban J connectivity index is 4.46. The summed E-state index contributed by atoms with van der Waals surface area (Å²) in [6.07, 6.45) is 4.77. The molecule has 0 fully saturated rings. The predicted molar refractivity (Wildman–Crippen MR) is 95.6 cm³/mol. The first kappa shape index (κ1) is 20.8. The second-order valence-electron chi connectivity index (χ2n) is 6.16. The summed E-state index contributed by atoms with van der Waals surface area (Å²) in [7, 11) is -4.77. The average molecular weight is 331 g/mol. The summed E-state index contributed by atoms with van der Waals surface area (Å²) in [5.41, 5.74) is 3.69. The van der Waals surface area contributed by atoms with Gasteiger partial charge in [0, 0.05) is 13.2 Å². The SMILES string of the molecule is C=C[Si](C)(OCCCCCC)O[Si](C)(C=C)OCC(C)C. The maximum atomic E-state index is 6.28. The second kappa shape index (κ2) is 10.5. The minimum absolute atomic E-state index is 0.479. The molecule has 0 aromatic carbocycles. The molecule has 5 heteroatoms. The lowest BCUT2D eigenvalue weighted by Gasteiger charge is -2.33. The highest BCUT2D eigenvalue weighted by Gasteiger charge is 2.39. The molecule has 3 nitrogen and oxygen atoms in total. The van der Waals surface area contributed by atoms with Crippen LogP contribution in [0.1, 0.15) is 46.5 Å². The van der Waals surface area contributed by atoms with Gasteiger partial charge in [-0.15, -0.1) is 13.2 Å². The van der Waals surface area contributed by atoms with Crippen LogP contribution in [-0.4, -0.2) is 30.3 Å². The molecule has 0 radical (unpaired) electrons. The van der Waals surface area contributed by atoms with E-state index < -0.39 is 17.1 Å². The van der Waals surface area contributed by atoms with E-state index in [0.717, 1.165) is 13.0 Å². The molecule has 0 saturated carbocycles. The van der Waals surface area contributed by atoms with Crippen LogP contribution in [0.15, 0.2) is 24.6 Å². The third-order valence-corrected chi connectivity index (χ3v) is 9.48. The number of hydrogen-bond donors (Lipinski definition) is 0. The van der Waals surface area contributed by atoms with Gasteiger partial charge in [0.1, 0.15) is 0 Å². The maximum Gasteiger partial charge on any atom is 0.352 e. The van der Waals surface area contributed by atoms with E-state index in [1.807, 2.05) is 24.5 Å². The van der Waals surface area contributed by atoms with Gasteiger partial charge >= 0.3 is 17.1 Å². The van der Waals surface area contributed by atoms with Gasteiger partial charge in [-0.1, -0.05) is 51.4 Å². The largest absolute Gasteiger partial charge is 0.409 e. The van der Waals surface area contributed by atoms with E-state index in [0.29, 0.717) is 12.5 Å². The van der Waals surface area contributed by atoms with Gasteiger partial charge in [-0.25, -0.2) is 0 Å². The number of unbranched alkanes of at least 4 members (excludes halogenated alkanes) is 3. The van der Waals surface area contributed by atoms with Crippen molar-refractivity contribution in [2.45, 2.75) is 59.5 Å². The van der Waals surface area contributed by atoms with Gasteiger partial charge in [0.2, 0.25) is 0 Å². The van der Waals surface area contributed by atoms with Gasteiger partial charge < -0.3 is 13.0 Å². The van der Waals surface area contributed by atoms with Gasteiger partial charge in [0.15, 0.2) is 0 Å². The molecular formula is C16H34O3Si2. The van der Waals surface area contributed by atoms with E-state index in [1.54, 1.807) is 0 Å². The van der Waals surface area contributed by atoms with Crippen LogP contribution in [0, 0.1) is 5.92 Å². The fraction of sp³-hybridized carbons (Fsp3) is 0.750. The van der Waals surface area contributed by atoms with Crippen LogP contribution in [-0.2, 0) is 13.0 Å². The summed E-state index contributed by atoms with van der Waals surface area (Å²) in [4.78, 5) is 0. The van der Waals surface area contributed by atoms with Crippen molar-refractivity contribution in [3.63, 3.8) is 0 Å². The molecule has 0 rings (SSSR count). The van der Waals surface area contributed by atoms with Crippen LogP contribution in [0.2, 0.25) is 13.1 Å². The van der Waals surface area contributed by atoms with Crippen LogP contribution in [0.5, 0.6) is 0 Å². The van der Waals surface area contributed by atoms with Crippen molar-refractivity contribution in [2.75, 3.05) is 13.2 Å². The van der Waals surface area contributed by atoms with Crippen LogP contribution in [0.25, 0.3) is 0 Å². The Morgan fingerprint density at radius 1 is 0.952 bits per heavy atom. The fourth-order valence-electron chi connectivity index (χ4n) is 1.80. The van der Waals surface area contributed by atoms with Crippen molar-refractivity contribution in [2.24, 2.45) is 5.92 Å². The van der Waals surface area contributed by atoms with Gasteiger partial charge in [-0.2, -0.15) is 0 Å². The predicted octanol–water partition coefficient (Wildman–Crippen LogP) is 4.87. The van der Waals surface area contributed by atoms with E-state index in [2.05, 4.69) is 33.9 Å². The first-order chi connectivity index (χ1) is 9.81. The monoisotopic (exact) mass is 330 g/mol. The quantitative estimate of drug-likeness (QED) is 0.356. The summed E-state index contributed by atoms with van der Waals surface area (Å²) in [6.45, 7) is 19.8. The van der Waals surface area contributed by atoms with Crippen molar-refractivity contribution in [3.05, 3.63) is 24.6 Å². The molecular weight excluding hydrogens is 296 g/mol. The Morgan fingerprint density at radius 2 is 1.52 bits per heavy atom. The summed E-state index contributed by atoms with van der Waals surface area (Å²) in [6, 6.07) is 0. The molecule has 0 N–H and O–H groups in total. The molecule has 0 aliphatic carbocycles. The first-order valence-electron chi connectivity index (χ1n) is 8.06. The van der Waals surface area contributed by atoms with Gasteiger partial charge in [-0.3, -0.25) is 0 Å². The molecule has 21 heavy (non-hydrogen) atoms. The molecule has 0 aliphatic heterocycles. The third-order valence-electron chi connectivity index (χ3n) is 3.24. The molecule has 0 aliphatic rings. The summed E-state index contributed by atoms with van der Waals surface area (Å²) in [5.74, 6) is 0.479. The zero-order valence-electron chi connectivity index (χ0n) is 14.6. The standard InChI is InChI=1S/C16H34O3Si2/c1-8-11-12-13-14-17-20(6,9-2)19-21(7,10-3)18-15-16(4)5/h9-10,16H,2-3,8,11-15H2,1,4-7H3. The molecule has 0 aromatic heterocycles. The van der Waals surface area contributed by atoms with E-state index >= 15 is 0 Å². The molecule has 124 valence electrons. The first-order valence-corrected chi connectivity index (χ1v) is 12.8. The van der Waals surface area contributed by atoms with Gasteiger partial charge in [0.25, 0.3) is 0 Å². The molecule has 2 atom stereocenters. The molecule has 0 aromatic rings. The minimum atomic E-state index is -2.39. The van der Waals surface area contributed by atoms with E-state index in [9.17, 15) is 0 Å². The van der Waals surface area contributed by atoms with E-state index in [1.165, 1.54) is 19.3 Å². The third kappa shape index (κ3) is 9.42. The molecule has 0 saturated heterocycles. The number of hydrogen-bond acceptors (Lipinski definition) is 3. The minimum Gasteiger partial charge on any atom is -0.409 e. The van der Waals surface area contributed by atoms with Gasteiger partial charge in [0.05, 0.1) is 0 Å². The van der Waals surface area contributed by atoms with Crippen molar-refractivity contribution in [3.8, 4) is 0 Å². The Kier molecular flexibility index (Phi) is 10.4. The normalized spacial score (nSPS) is 17.2. The molecule has 2 unspecified atom stereocenters. The maximum absolute atomic E-state index is 6.28. The molecule has 0 amide bonds. The Labute approximate surface area is 133 Å². The second-order valence-corrected chi connectivity index (χ2v) is 12.4. The van der Waals surface area contributed by atoms with Crippen molar-refractivity contribution < 1.29 is 13.0 Å². The molecule has 0 spiro atoms. The van der Waals surface area contributed by atoms with Gasteiger partial charge in [-0.05, 0) is 25.4 Å². The van der Waals surface area contributed by atoms with Crippen molar-refractivity contribution in [1.82, 2.24) is 0 Å². The lowest BCUT2D eigenvalue weighted by Crippen LogP contribution is -2.50. The molecule has 0 bridgehead atoms. The Morgan fingerprint density at radius 3 is 2.00 bits per heavy atom. The Bertz CT molecular complexity index is 310. The zero-order valence-corrected chi connectivity index (χ0v) is 16.6. The van der Waals surface area contributed by atoms with E-state index in [4.69, 9.17) is 13.0 Å². The van der Waals surface area contributed by atoms with Crippen LogP contribution < -0.4 is 0 Å². The van der Waals surface area contributed by atoms with E-state index in [-0.39, 0.29) is 0 Å². The van der Waals surface area contributed by atoms with Crippen molar-refractivity contribution >= 4 is 17.1 Å². The van der Waals surface area contributed by atoms with Crippen molar-refractivity contribution in [1.29, 1.82) is 0 Å². The zero-order chi connectivity index (χ0) is 16.4. The van der Waals surface area contributed by atoms with Crippen LogP contribution in [0.3, 0.4) is 0 Å². The smallest absolute Gasteiger partial charge is 0.352 e. The molecule has 0 heterocycles. The highest BCUT2D eigenvalue weighted by atomic mass is 28.5. The fourth-order valence-corrected chi connectivity index (χ4v) is 7.61. The highest BCUT2D eigenvalue weighted by Crippen LogP contribution is 2.20.